The number of aliphatic imine (C=N–C) groups is 1. The summed E-state index contributed by atoms with van der Waals surface area (Å²) in [6.07, 6.45) is 1.81. The Morgan fingerprint density at radius 1 is 0.926 bits per heavy atom. The van der Waals surface area contributed by atoms with E-state index in [1.807, 2.05) is 79.7 Å². The molecule has 132 valence electrons. The van der Waals surface area contributed by atoms with E-state index in [-0.39, 0.29) is 5.91 Å². The van der Waals surface area contributed by atoms with E-state index in [9.17, 15) is 4.79 Å². The molecule has 3 aromatic carbocycles. The second-order valence-corrected chi connectivity index (χ2v) is 6.80. The van der Waals surface area contributed by atoms with Crippen LogP contribution in [0.4, 0.5) is 5.69 Å². The van der Waals surface area contributed by atoms with Crippen molar-refractivity contribution in [3.05, 3.63) is 106 Å². The van der Waals surface area contributed by atoms with Crippen molar-refractivity contribution in [2.45, 2.75) is 6.92 Å². The van der Waals surface area contributed by atoms with Crippen LogP contribution in [0.15, 0.2) is 89.6 Å². The van der Waals surface area contributed by atoms with E-state index in [2.05, 4.69) is 4.99 Å². The second kappa shape index (κ2) is 7.22. The lowest BCUT2D eigenvalue weighted by Crippen LogP contribution is -2.32. The van der Waals surface area contributed by atoms with Crippen LogP contribution in [-0.4, -0.2) is 11.7 Å². The van der Waals surface area contributed by atoms with Crippen molar-refractivity contribution in [3.8, 4) is 0 Å². The van der Waals surface area contributed by atoms with E-state index in [4.69, 9.17) is 11.6 Å². The summed E-state index contributed by atoms with van der Waals surface area (Å²) >= 11 is 6.03. The lowest BCUT2D eigenvalue weighted by atomic mass is 10.1. The van der Waals surface area contributed by atoms with Gasteiger partial charge < -0.3 is 0 Å². The van der Waals surface area contributed by atoms with Gasteiger partial charge in [0, 0.05) is 10.6 Å². The van der Waals surface area contributed by atoms with Gasteiger partial charge in [0.25, 0.3) is 5.91 Å². The van der Waals surface area contributed by atoms with Gasteiger partial charge in [0.05, 0.1) is 5.69 Å². The van der Waals surface area contributed by atoms with Crippen LogP contribution in [0.5, 0.6) is 0 Å². The predicted molar refractivity (Wildman–Crippen MR) is 111 cm³/mol. The highest BCUT2D eigenvalue weighted by atomic mass is 35.5. The monoisotopic (exact) mass is 372 g/mol. The van der Waals surface area contributed by atoms with E-state index >= 15 is 0 Å². The lowest BCUT2D eigenvalue weighted by Gasteiger charge is -2.19. The first-order valence-corrected chi connectivity index (χ1v) is 9.02. The number of hydrogen-bond donors (Lipinski definition) is 0. The van der Waals surface area contributed by atoms with Crippen molar-refractivity contribution >= 4 is 35.1 Å². The van der Waals surface area contributed by atoms with Gasteiger partial charge in [-0.05, 0) is 60.5 Å². The molecule has 1 amide bonds. The summed E-state index contributed by atoms with van der Waals surface area (Å²) in [5.74, 6) is 0.457. The molecule has 1 heterocycles. The molecule has 3 aromatic rings. The standard InChI is InChI=1S/C23H17ClN2O/c1-16-6-5-9-20(14-16)26-22(18-10-12-19(24)13-11-18)25-21(23(26)27)15-17-7-3-2-4-8-17/h2-15H,1H3/b21-15+. The summed E-state index contributed by atoms with van der Waals surface area (Å²) in [5.41, 5.74) is 4.06. The number of halogens is 1. The minimum atomic E-state index is -0.144. The third-order valence-electron chi connectivity index (χ3n) is 4.33. The third kappa shape index (κ3) is 3.55. The first-order valence-electron chi connectivity index (χ1n) is 8.64. The Morgan fingerprint density at radius 2 is 1.67 bits per heavy atom. The number of amides is 1. The van der Waals surface area contributed by atoms with Crippen molar-refractivity contribution in [1.82, 2.24) is 0 Å². The van der Waals surface area contributed by atoms with Crippen LogP contribution in [0, 0.1) is 6.92 Å². The maximum absolute atomic E-state index is 13.2. The van der Waals surface area contributed by atoms with Crippen LogP contribution in [-0.2, 0) is 4.79 Å². The van der Waals surface area contributed by atoms with E-state index < -0.39 is 0 Å². The molecular formula is C23H17ClN2O. The summed E-state index contributed by atoms with van der Waals surface area (Å²) in [4.78, 5) is 19.5. The Balaban J connectivity index is 1.84. The zero-order valence-corrected chi connectivity index (χ0v) is 15.5. The van der Waals surface area contributed by atoms with Gasteiger partial charge in [-0.25, -0.2) is 4.99 Å². The van der Waals surface area contributed by atoms with Crippen LogP contribution in [0.2, 0.25) is 5.02 Å². The van der Waals surface area contributed by atoms with E-state index in [0.717, 1.165) is 22.4 Å². The maximum atomic E-state index is 13.2. The van der Waals surface area contributed by atoms with Crippen molar-refractivity contribution < 1.29 is 4.79 Å². The van der Waals surface area contributed by atoms with Gasteiger partial charge in [0.1, 0.15) is 11.5 Å². The van der Waals surface area contributed by atoms with Crippen molar-refractivity contribution in [3.63, 3.8) is 0 Å². The number of nitrogens with zero attached hydrogens (tertiary/aromatic N) is 2. The number of anilines is 1. The maximum Gasteiger partial charge on any atom is 0.282 e. The molecule has 0 atom stereocenters. The van der Waals surface area contributed by atoms with E-state index in [0.29, 0.717) is 16.6 Å². The summed E-state index contributed by atoms with van der Waals surface area (Å²) in [6.45, 7) is 2.00. The second-order valence-electron chi connectivity index (χ2n) is 6.36. The largest absolute Gasteiger partial charge is 0.282 e. The SMILES string of the molecule is Cc1cccc(N2C(=O)/C(=C\c3ccccc3)N=C2c2ccc(Cl)cc2)c1. The number of amidine groups is 1. The van der Waals surface area contributed by atoms with Gasteiger partial charge in [-0.15, -0.1) is 0 Å². The zero-order valence-electron chi connectivity index (χ0n) is 14.8. The van der Waals surface area contributed by atoms with E-state index in [1.165, 1.54) is 0 Å². The molecule has 0 bridgehead atoms. The van der Waals surface area contributed by atoms with Crippen LogP contribution in [0.3, 0.4) is 0 Å². The molecule has 0 aliphatic carbocycles. The number of hydrogen-bond acceptors (Lipinski definition) is 2. The predicted octanol–water partition coefficient (Wildman–Crippen LogP) is 5.48. The Morgan fingerprint density at radius 3 is 2.37 bits per heavy atom. The van der Waals surface area contributed by atoms with Gasteiger partial charge in [-0.3, -0.25) is 9.69 Å². The van der Waals surface area contributed by atoms with E-state index in [1.54, 1.807) is 17.0 Å². The van der Waals surface area contributed by atoms with Gasteiger partial charge in [0.2, 0.25) is 0 Å². The zero-order chi connectivity index (χ0) is 18.8. The molecule has 1 aliphatic heterocycles. The first-order chi connectivity index (χ1) is 13.1. The molecule has 27 heavy (non-hydrogen) atoms. The number of aryl methyl sites for hydroxylation is 1. The highest BCUT2D eigenvalue weighted by Crippen LogP contribution is 2.28. The molecule has 0 unspecified atom stereocenters. The molecule has 0 aromatic heterocycles. The molecule has 0 spiro atoms. The lowest BCUT2D eigenvalue weighted by molar-refractivity contribution is -0.113. The molecule has 0 fully saturated rings. The summed E-state index contributed by atoms with van der Waals surface area (Å²) in [6, 6.07) is 24.9. The summed E-state index contributed by atoms with van der Waals surface area (Å²) in [7, 11) is 0. The topological polar surface area (TPSA) is 32.7 Å². The molecule has 0 N–H and O–H groups in total. The third-order valence-corrected chi connectivity index (χ3v) is 4.58. The quantitative estimate of drug-likeness (QED) is 0.560. The van der Waals surface area contributed by atoms with Gasteiger partial charge in [-0.1, -0.05) is 54.1 Å². The summed E-state index contributed by atoms with van der Waals surface area (Å²) in [5, 5.41) is 0.644. The Kier molecular flexibility index (Phi) is 4.61. The smallest absolute Gasteiger partial charge is 0.266 e. The molecule has 0 saturated heterocycles. The fourth-order valence-corrected chi connectivity index (χ4v) is 3.15. The van der Waals surface area contributed by atoms with Gasteiger partial charge in [-0.2, -0.15) is 0 Å². The molecule has 4 heteroatoms. The van der Waals surface area contributed by atoms with Crippen LogP contribution in [0.25, 0.3) is 6.08 Å². The highest BCUT2D eigenvalue weighted by Gasteiger charge is 2.32. The van der Waals surface area contributed by atoms with Gasteiger partial charge in [0.15, 0.2) is 0 Å². The molecule has 0 radical (unpaired) electrons. The average molecular weight is 373 g/mol. The Hall–Kier alpha value is -3.17. The first kappa shape index (κ1) is 17.3. The summed E-state index contributed by atoms with van der Waals surface area (Å²) < 4.78 is 0. The van der Waals surface area contributed by atoms with Crippen LogP contribution < -0.4 is 4.90 Å². The minimum absolute atomic E-state index is 0.144. The van der Waals surface area contributed by atoms with Crippen molar-refractivity contribution in [2.75, 3.05) is 4.90 Å². The fraction of sp³-hybridized carbons (Fsp3) is 0.0435. The number of rotatable bonds is 3. The Bertz CT molecular complexity index is 1050. The number of carbonyl (C=O) groups excluding carboxylic acids is 1. The highest BCUT2D eigenvalue weighted by molar-refractivity contribution is 6.34. The van der Waals surface area contributed by atoms with Crippen LogP contribution in [0.1, 0.15) is 16.7 Å². The Labute approximate surface area is 163 Å². The van der Waals surface area contributed by atoms with Crippen molar-refractivity contribution in [1.29, 1.82) is 0 Å². The van der Waals surface area contributed by atoms with Crippen molar-refractivity contribution in [2.24, 2.45) is 4.99 Å². The molecule has 3 nitrogen and oxygen atoms in total. The minimum Gasteiger partial charge on any atom is -0.266 e. The molecular weight excluding hydrogens is 356 g/mol. The molecule has 1 aliphatic rings. The fourth-order valence-electron chi connectivity index (χ4n) is 3.02. The average Bonchev–Trinajstić information content (AvgIpc) is 2.99. The molecule has 4 rings (SSSR count). The number of carbonyl (C=O) groups is 1. The normalized spacial score (nSPS) is 15.3. The van der Waals surface area contributed by atoms with Crippen LogP contribution >= 0.6 is 11.6 Å². The van der Waals surface area contributed by atoms with Gasteiger partial charge >= 0.3 is 0 Å². The molecule has 0 saturated carbocycles. The number of benzene rings is 3.